The van der Waals surface area contributed by atoms with E-state index in [-0.39, 0.29) is 11.7 Å². The first-order chi connectivity index (χ1) is 13.4. The fraction of sp³-hybridized carbons (Fsp3) is 0.444. The SMILES string of the molecule is Cc1nnc2c(N3CCCC(COc4ccnc(C(F)(F)F)c4)C3)nccn12. The van der Waals surface area contributed by atoms with Crippen molar-refractivity contribution in [2.45, 2.75) is 25.9 Å². The Morgan fingerprint density at radius 1 is 1.21 bits per heavy atom. The zero-order valence-electron chi connectivity index (χ0n) is 15.2. The fourth-order valence-electron chi connectivity index (χ4n) is 3.42. The van der Waals surface area contributed by atoms with Crippen LogP contribution in [0.15, 0.2) is 30.7 Å². The number of hydrogen-bond acceptors (Lipinski definition) is 6. The van der Waals surface area contributed by atoms with Crippen LogP contribution in [-0.2, 0) is 6.18 Å². The number of hydrogen-bond donors (Lipinski definition) is 0. The Kier molecular flexibility index (Phi) is 4.78. The van der Waals surface area contributed by atoms with Crippen LogP contribution in [-0.4, -0.2) is 44.3 Å². The summed E-state index contributed by atoms with van der Waals surface area (Å²) in [5.41, 5.74) is -0.251. The smallest absolute Gasteiger partial charge is 0.433 e. The summed E-state index contributed by atoms with van der Waals surface area (Å²) in [7, 11) is 0. The normalized spacial score (nSPS) is 17.9. The molecule has 4 heterocycles. The van der Waals surface area contributed by atoms with Crippen molar-refractivity contribution >= 4 is 11.5 Å². The zero-order chi connectivity index (χ0) is 19.7. The highest BCUT2D eigenvalue weighted by Gasteiger charge is 2.33. The van der Waals surface area contributed by atoms with E-state index >= 15 is 0 Å². The van der Waals surface area contributed by atoms with Gasteiger partial charge in [-0.1, -0.05) is 0 Å². The van der Waals surface area contributed by atoms with Gasteiger partial charge in [0.2, 0.25) is 5.65 Å². The van der Waals surface area contributed by atoms with Gasteiger partial charge in [0.1, 0.15) is 17.3 Å². The van der Waals surface area contributed by atoms with Crippen LogP contribution in [0.5, 0.6) is 5.75 Å². The van der Waals surface area contributed by atoms with Gasteiger partial charge in [-0.3, -0.25) is 9.38 Å². The lowest BCUT2D eigenvalue weighted by molar-refractivity contribution is -0.141. The summed E-state index contributed by atoms with van der Waals surface area (Å²) < 4.78 is 45.9. The van der Waals surface area contributed by atoms with E-state index in [9.17, 15) is 13.2 Å². The first-order valence-corrected chi connectivity index (χ1v) is 8.99. The maximum absolute atomic E-state index is 12.8. The molecule has 7 nitrogen and oxygen atoms in total. The largest absolute Gasteiger partial charge is 0.493 e. The van der Waals surface area contributed by atoms with E-state index in [1.165, 1.54) is 6.07 Å². The second kappa shape index (κ2) is 7.25. The molecule has 148 valence electrons. The van der Waals surface area contributed by atoms with Gasteiger partial charge < -0.3 is 9.64 Å². The molecule has 10 heteroatoms. The zero-order valence-corrected chi connectivity index (χ0v) is 15.2. The van der Waals surface area contributed by atoms with Crippen LogP contribution in [0.2, 0.25) is 0 Å². The molecule has 0 radical (unpaired) electrons. The lowest BCUT2D eigenvalue weighted by Crippen LogP contribution is -2.38. The molecule has 1 aliphatic rings. The number of pyridine rings is 1. The molecule has 1 fully saturated rings. The number of aryl methyl sites for hydroxylation is 1. The van der Waals surface area contributed by atoms with Gasteiger partial charge in [-0.15, -0.1) is 10.2 Å². The molecule has 0 amide bonds. The highest BCUT2D eigenvalue weighted by atomic mass is 19.4. The van der Waals surface area contributed by atoms with Crippen LogP contribution < -0.4 is 9.64 Å². The van der Waals surface area contributed by atoms with Crippen molar-refractivity contribution in [1.82, 2.24) is 24.6 Å². The number of ether oxygens (including phenoxy) is 1. The van der Waals surface area contributed by atoms with Crippen LogP contribution in [0.3, 0.4) is 0 Å². The Bertz CT molecular complexity index is 973. The summed E-state index contributed by atoms with van der Waals surface area (Å²) in [5, 5.41) is 8.31. The summed E-state index contributed by atoms with van der Waals surface area (Å²) in [4.78, 5) is 9.95. The van der Waals surface area contributed by atoms with Crippen molar-refractivity contribution in [3.8, 4) is 5.75 Å². The second-order valence-electron chi connectivity index (χ2n) is 6.83. The Morgan fingerprint density at radius 2 is 2.07 bits per heavy atom. The van der Waals surface area contributed by atoms with E-state index < -0.39 is 11.9 Å². The minimum absolute atomic E-state index is 0.169. The van der Waals surface area contributed by atoms with Crippen LogP contribution in [0.1, 0.15) is 24.4 Å². The maximum Gasteiger partial charge on any atom is 0.433 e. The summed E-state index contributed by atoms with van der Waals surface area (Å²) in [6, 6.07) is 2.37. The first-order valence-electron chi connectivity index (χ1n) is 8.99. The molecule has 1 atom stereocenters. The molecular weight excluding hydrogens is 373 g/mol. The highest BCUT2D eigenvalue weighted by molar-refractivity contribution is 5.63. The van der Waals surface area contributed by atoms with Crippen LogP contribution in [0, 0.1) is 12.8 Å². The van der Waals surface area contributed by atoms with Crippen LogP contribution >= 0.6 is 0 Å². The molecule has 3 aromatic heterocycles. The molecule has 1 aliphatic heterocycles. The van der Waals surface area contributed by atoms with Crippen molar-refractivity contribution in [2.75, 3.05) is 24.6 Å². The average molecular weight is 392 g/mol. The number of halogens is 3. The summed E-state index contributed by atoms with van der Waals surface area (Å²) in [6.07, 6.45) is 2.04. The lowest BCUT2D eigenvalue weighted by Gasteiger charge is -2.33. The number of aromatic nitrogens is 5. The Hall–Kier alpha value is -2.91. The van der Waals surface area contributed by atoms with Crippen molar-refractivity contribution in [2.24, 2.45) is 5.92 Å². The van der Waals surface area contributed by atoms with Gasteiger partial charge >= 0.3 is 6.18 Å². The van der Waals surface area contributed by atoms with Crippen molar-refractivity contribution < 1.29 is 17.9 Å². The Morgan fingerprint density at radius 3 is 2.89 bits per heavy atom. The third kappa shape index (κ3) is 3.71. The number of fused-ring (bicyclic) bond motifs is 1. The summed E-state index contributed by atoms with van der Waals surface area (Å²) in [5.74, 6) is 1.89. The Balaban J connectivity index is 1.44. The molecule has 0 aromatic carbocycles. The monoisotopic (exact) mass is 392 g/mol. The van der Waals surface area contributed by atoms with E-state index in [1.54, 1.807) is 6.20 Å². The third-order valence-corrected chi connectivity index (χ3v) is 4.80. The standard InChI is InChI=1S/C18H19F3N6O/c1-12-24-25-17-16(23-6-8-27(12)17)26-7-2-3-13(10-26)11-28-14-4-5-22-15(9-14)18(19,20)21/h4-6,8-9,13H,2-3,7,10-11H2,1H3. The van der Waals surface area contributed by atoms with Crippen LogP contribution in [0.4, 0.5) is 19.0 Å². The molecule has 0 aliphatic carbocycles. The predicted molar refractivity (Wildman–Crippen MR) is 95.2 cm³/mol. The molecule has 0 bridgehead atoms. The van der Waals surface area contributed by atoms with E-state index in [4.69, 9.17) is 4.74 Å². The van der Waals surface area contributed by atoms with Gasteiger partial charge in [0.25, 0.3) is 0 Å². The number of piperidine rings is 1. The topological polar surface area (TPSA) is 68.4 Å². The summed E-state index contributed by atoms with van der Waals surface area (Å²) >= 11 is 0. The fourth-order valence-corrected chi connectivity index (χ4v) is 3.42. The second-order valence-corrected chi connectivity index (χ2v) is 6.83. The molecular formula is C18H19F3N6O. The van der Waals surface area contributed by atoms with E-state index in [0.717, 1.165) is 43.3 Å². The Labute approximate surface area is 159 Å². The van der Waals surface area contributed by atoms with Gasteiger partial charge in [-0.25, -0.2) is 4.98 Å². The number of alkyl halides is 3. The van der Waals surface area contributed by atoms with Crippen molar-refractivity contribution in [1.29, 1.82) is 0 Å². The quantitative estimate of drug-likeness (QED) is 0.680. The van der Waals surface area contributed by atoms with E-state index in [1.807, 2.05) is 17.5 Å². The maximum atomic E-state index is 12.8. The van der Waals surface area contributed by atoms with Gasteiger partial charge in [0.05, 0.1) is 6.61 Å². The van der Waals surface area contributed by atoms with E-state index in [2.05, 4.69) is 25.1 Å². The van der Waals surface area contributed by atoms with Crippen molar-refractivity contribution in [3.05, 3.63) is 42.2 Å². The molecule has 0 spiro atoms. The van der Waals surface area contributed by atoms with Gasteiger partial charge in [0, 0.05) is 43.7 Å². The molecule has 1 unspecified atom stereocenters. The number of nitrogens with zero attached hydrogens (tertiary/aromatic N) is 6. The van der Waals surface area contributed by atoms with Crippen LogP contribution in [0.25, 0.3) is 5.65 Å². The number of rotatable bonds is 4. The van der Waals surface area contributed by atoms with E-state index in [0.29, 0.717) is 18.8 Å². The third-order valence-electron chi connectivity index (χ3n) is 4.80. The number of anilines is 1. The van der Waals surface area contributed by atoms with Gasteiger partial charge in [-0.2, -0.15) is 13.2 Å². The highest BCUT2D eigenvalue weighted by Crippen LogP contribution is 2.30. The lowest BCUT2D eigenvalue weighted by atomic mass is 9.99. The molecule has 0 N–H and O–H groups in total. The first kappa shape index (κ1) is 18.5. The molecule has 0 saturated carbocycles. The molecule has 28 heavy (non-hydrogen) atoms. The van der Waals surface area contributed by atoms with Gasteiger partial charge in [-0.05, 0) is 25.8 Å². The molecule has 1 saturated heterocycles. The average Bonchev–Trinajstić information content (AvgIpc) is 3.07. The minimum Gasteiger partial charge on any atom is -0.493 e. The minimum atomic E-state index is -4.48. The molecule has 3 aromatic rings. The predicted octanol–water partition coefficient (Wildman–Crippen LogP) is 3.14. The summed E-state index contributed by atoms with van der Waals surface area (Å²) in [6.45, 7) is 3.73. The molecule has 4 rings (SSSR count). The van der Waals surface area contributed by atoms with Gasteiger partial charge in [0.15, 0.2) is 5.82 Å². The van der Waals surface area contributed by atoms with Crippen molar-refractivity contribution in [3.63, 3.8) is 0 Å².